The molecule has 0 fully saturated rings. The molecule has 3 rings (SSSR count). The smallest absolute Gasteiger partial charge is 0.327 e. The van der Waals surface area contributed by atoms with Gasteiger partial charge in [-0.1, -0.05) is 6.07 Å². The summed E-state index contributed by atoms with van der Waals surface area (Å²) in [6, 6.07) is 6.12. The lowest BCUT2D eigenvalue weighted by atomic mass is 9.99. The van der Waals surface area contributed by atoms with Gasteiger partial charge in [0.25, 0.3) is 0 Å². The summed E-state index contributed by atoms with van der Waals surface area (Å²) < 4.78 is 6.78. The molecular formula is C19H27ClN4O2. The van der Waals surface area contributed by atoms with Crippen LogP contribution in [-0.2, 0) is 29.0 Å². The lowest BCUT2D eigenvalue weighted by Gasteiger charge is -2.32. The van der Waals surface area contributed by atoms with Crippen molar-refractivity contribution in [3.8, 4) is 0 Å². The monoisotopic (exact) mass is 378 g/mol. The Morgan fingerprint density at radius 2 is 2.12 bits per heavy atom. The van der Waals surface area contributed by atoms with Gasteiger partial charge in [0.15, 0.2) is 0 Å². The Morgan fingerprint density at radius 1 is 1.35 bits per heavy atom. The fourth-order valence-corrected chi connectivity index (χ4v) is 3.53. The summed E-state index contributed by atoms with van der Waals surface area (Å²) in [7, 11) is 0. The number of carbonyl (C=O) groups excluding carboxylic acids is 1. The van der Waals surface area contributed by atoms with Crippen LogP contribution in [0.4, 0.5) is 11.4 Å². The summed E-state index contributed by atoms with van der Waals surface area (Å²) in [6.07, 6.45) is 2.12. The fraction of sp³-hybridized carbons (Fsp3) is 0.474. The molecule has 0 atom stereocenters. The van der Waals surface area contributed by atoms with E-state index in [0.29, 0.717) is 6.61 Å². The van der Waals surface area contributed by atoms with Crippen molar-refractivity contribution in [1.82, 2.24) is 9.78 Å². The minimum Gasteiger partial charge on any atom is -0.465 e. The molecule has 0 unspecified atom stereocenters. The second kappa shape index (κ2) is 8.45. The Kier molecular flexibility index (Phi) is 6.53. The summed E-state index contributed by atoms with van der Waals surface area (Å²) in [4.78, 5) is 14.1. The molecule has 2 N–H and O–H groups in total. The Labute approximate surface area is 160 Å². The van der Waals surface area contributed by atoms with Crippen LogP contribution in [0.5, 0.6) is 0 Å². The van der Waals surface area contributed by atoms with Crippen LogP contribution in [0, 0.1) is 13.8 Å². The standard InChI is InChI=1S/C19H26N4O2.ClH/c1-4-25-19(24)12-23-14(3)16(13(2)21-23)11-22-10-6-7-15-17(20)8-5-9-18(15)22;/h5,8-9H,4,6-7,10-12,20H2,1-3H3;1H. The predicted octanol–water partition coefficient (Wildman–Crippen LogP) is 3.02. The van der Waals surface area contributed by atoms with Crippen molar-refractivity contribution in [2.45, 2.75) is 46.7 Å². The number of benzene rings is 1. The van der Waals surface area contributed by atoms with Crippen LogP contribution in [-0.4, -0.2) is 28.9 Å². The van der Waals surface area contributed by atoms with E-state index in [4.69, 9.17) is 10.5 Å². The Morgan fingerprint density at radius 3 is 2.85 bits per heavy atom. The van der Waals surface area contributed by atoms with E-state index in [1.807, 2.05) is 32.9 Å². The van der Waals surface area contributed by atoms with Crippen LogP contribution in [0.3, 0.4) is 0 Å². The molecule has 2 aromatic rings. The van der Waals surface area contributed by atoms with Gasteiger partial charge in [-0.2, -0.15) is 5.10 Å². The lowest BCUT2D eigenvalue weighted by Crippen LogP contribution is -2.29. The zero-order valence-corrected chi connectivity index (χ0v) is 16.4. The molecule has 1 aromatic heterocycles. The molecular weight excluding hydrogens is 352 g/mol. The van der Waals surface area contributed by atoms with E-state index in [2.05, 4.69) is 16.1 Å². The molecule has 0 amide bonds. The van der Waals surface area contributed by atoms with Crippen molar-refractivity contribution in [2.75, 3.05) is 23.8 Å². The number of rotatable bonds is 5. The van der Waals surface area contributed by atoms with Crippen LogP contribution < -0.4 is 10.6 Å². The number of carbonyl (C=O) groups is 1. The molecule has 1 aliphatic rings. The minimum atomic E-state index is -0.254. The van der Waals surface area contributed by atoms with Crippen LogP contribution >= 0.6 is 12.4 Å². The molecule has 0 spiro atoms. The SMILES string of the molecule is CCOC(=O)Cn1nc(C)c(CN2CCCc3c(N)cccc32)c1C.Cl. The summed E-state index contributed by atoms with van der Waals surface area (Å²) in [5.74, 6) is -0.254. The predicted molar refractivity (Wildman–Crippen MR) is 106 cm³/mol. The van der Waals surface area contributed by atoms with Gasteiger partial charge >= 0.3 is 5.97 Å². The van der Waals surface area contributed by atoms with Gasteiger partial charge in [0.05, 0.1) is 12.3 Å². The van der Waals surface area contributed by atoms with E-state index >= 15 is 0 Å². The van der Waals surface area contributed by atoms with Crippen molar-refractivity contribution in [3.05, 3.63) is 40.7 Å². The van der Waals surface area contributed by atoms with E-state index < -0.39 is 0 Å². The molecule has 0 aliphatic carbocycles. The second-order valence-corrected chi connectivity index (χ2v) is 6.48. The van der Waals surface area contributed by atoms with E-state index in [1.54, 1.807) is 4.68 Å². The average Bonchev–Trinajstić information content (AvgIpc) is 2.83. The molecule has 142 valence electrons. The van der Waals surface area contributed by atoms with Crippen molar-refractivity contribution >= 4 is 29.8 Å². The number of esters is 1. The highest BCUT2D eigenvalue weighted by Gasteiger charge is 2.22. The van der Waals surface area contributed by atoms with Gasteiger partial charge in [0.1, 0.15) is 6.54 Å². The summed E-state index contributed by atoms with van der Waals surface area (Å²) in [6.45, 7) is 8.13. The summed E-state index contributed by atoms with van der Waals surface area (Å²) >= 11 is 0. The third-order valence-corrected chi connectivity index (χ3v) is 4.85. The van der Waals surface area contributed by atoms with Gasteiger partial charge in [0, 0.05) is 35.7 Å². The van der Waals surface area contributed by atoms with Crippen molar-refractivity contribution < 1.29 is 9.53 Å². The maximum absolute atomic E-state index is 11.8. The first kappa shape index (κ1) is 20.1. The normalized spacial score (nSPS) is 13.1. The lowest BCUT2D eigenvalue weighted by molar-refractivity contribution is -0.144. The first-order valence-corrected chi connectivity index (χ1v) is 8.82. The highest BCUT2D eigenvalue weighted by atomic mass is 35.5. The van der Waals surface area contributed by atoms with E-state index in [9.17, 15) is 4.79 Å². The fourth-order valence-electron chi connectivity index (χ4n) is 3.53. The molecule has 1 aliphatic heterocycles. The zero-order valence-electron chi connectivity index (χ0n) is 15.6. The summed E-state index contributed by atoms with van der Waals surface area (Å²) in [5, 5.41) is 4.54. The first-order chi connectivity index (χ1) is 12.0. The summed E-state index contributed by atoms with van der Waals surface area (Å²) in [5.41, 5.74) is 12.6. The Bertz CT molecular complexity index is 788. The number of nitrogens with zero attached hydrogens (tertiary/aromatic N) is 3. The van der Waals surface area contributed by atoms with Crippen LogP contribution in [0.2, 0.25) is 0 Å². The number of anilines is 2. The molecule has 7 heteroatoms. The maximum Gasteiger partial charge on any atom is 0.327 e. The number of nitrogen functional groups attached to an aromatic ring is 1. The quantitative estimate of drug-likeness (QED) is 0.639. The number of nitrogens with two attached hydrogens (primary N) is 1. The number of aromatic nitrogens is 2. The van der Waals surface area contributed by atoms with Crippen LogP contribution in [0.15, 0.2) is 18.2 Å². The zero-order chi connectivity index (χ0) is 18.0. The average molecular weight is 379 g/mol. The number of fused-ring (bicyclic) bond motifs is 1. The highest BCUT2D eigenvalue weighted by molar-refractivity contribution is 5.85. The molecule has 0 radical (unpaired) electrons. The molecule has 26 heavy (non-hydrogen) atoms. The van der Waals surface area contributed by atoms with Gasteiger partial charge in [-0.15, -0.1) is 12.4 Å². The van der Waals surface area contributed by atoms with Gasteiger partial charge < -0.3 is 15.4 Å². The van der Waals surface area contributed by atoms with E-state index in [-0.39, 0.29) is 24.9 Å². The largest absolute Gasteiger partial charge is 0.465 e. The van der Waals surface area contributed by atoms with Gasteiger partial charge in [0.2, 0.25) is 0 Å². The maximum atomic E-state index is 11.8. The third kappa shape index (κ3) is 3.96. The highest BCUT2D eigenvalue weighted by Crippen LogP contribution is 2.33. The first-order valence-electron chi connectivity index (χ1n) is 8.82. The van der Waals surface area contributed by atoms with Crippen molar-refractivity contribution in [3.63, 3.8) is 0 Å². The molecule has 6 nitrogen and oxygen atoms in total. The third-order valence-electron chi connectivity index (χ3n) is 4.85. The molecule has 2 heterocycles. The van der Waals surface area contributed by atoms with Gasteiger partial charge in [-0.25, -0.2) is 0 Å². The second-order valence-electron chi connectivity index (χ2n) is 6.48. The molecule has 1 aromatic carbocycles. The van der Waals surface area contributed by atoms with Crippen LogP contribution in [0.1, 0.15) is 35.9 Å². The van der Waals surface area contributed by atoms with E-state index in [0.717, 1.165) is 43.0 Å². The Balaban J connectivity index is 0.00000243. The number of hydrogen-bond acceptors (Lipinski definition) is 5. The number of hydrogen-bond donors (Lipinski definition) is 1. The number of aryl methyl sites for hydroxylation is 1. The molecule has 0 saturated carbocycles. The van der Waals surface area contributed by atoms with E-state index in [1.165, 1.54) is 16.8 Å². The topological polar surface area (TPSA) is 73.4 Å². The molecule has 0 bridgehead atoms. The van der Waals surface area contributed by atoms with Crippen molar-refractivity contribution in [1.29, 1.82) is 0 Å². The van der Waals surface area contributed by atoms with Crippen LogP contribution in [0.25, 0.3) is 0 Å². The number of halogens is 1. The van der Waals surface area contributed by atoms with Gasteiger partial charge in [-0.3, -0.25) is 9.48 Å². The molecule has 0 saturated heterocycles. The van der Waals surface area contributed by atoms with Gasteiger partial charge in [-0.05, 0) is 51.3 Å². The minimum absolute atomic E-state index is 0. The Hall–Kier alpha value is -2.21. The number of ether oxygens (including phenoxy) is 1. The van der Waals surface area contributed by atoms with Crippen molar-refractivity contribution in [2.24, 2.45) is 0 Å².